The van der Waals surface area contributed by atoms with Crippen molar-refractivity contribution in [1.82, 2.24) is 14.8 Å². The van der Waals surface area contributed by atoms with E-state index >= 15 is 0 Å². The molecule has 0 radical (unpaired) electrons. The van der Waals surface area contributed by atoms with Gasteiger partial charge in [0.15, 0.2) is 0 Å². The van der Waals surface area contributed by atoms with Gasteiger partial charge in [-0.25, -0.2) is 4.79 Å². The Kier molecular flexibility index (Phi) is 4.49. The summed E-state index contributed by atoms with van der Waals surface area (Å²) in [7, 11) is 0. The van der Waals surface area contributed by atoms with Crippen molar-refractivity contribution in [2.45, 2.75) is 20.1 Å². The van der Waals surface area contributed by atoms with Crippen molar-refractivity contribution >= 4 is 12.0 Å². The van der Waals surface area contributed by atoms with Crippen molar-refractivity contribution in [3.8, 4) is 5.75 Å². The van der Waals surface area contributed by atoms with E-state index in [0.717, 1.165) is 18.2 Å². The van der Waals surface area contributed by atoms with Gasteiger partial charge in [-0.2, -0.15) is 5.10 Å². The van der Waals surface area contributed by atoms with Gasteiger partial charge in [-0.3, -0.25) is 9.67 Å². The van der Waals surface area contributed by atoms with Gasteiger partial charge in [-0.15, -0.1) is 0 Å². The maximum absolute atomic E-state index is 10.4. The van der Waals surface area contributed by atoms with Crippen LogP contribution in [-0.4, -0.2) is 25.8 Å². The Bertz CT molecular complexity index is 602. The Morgan fingerprint density at radius 1 is 1.45 bits per heavy atom. The molecular formula is C14H15N3O3. The van der Waals surface area contributed by atoms with E-state index in [0.29, 0.717) is 18.1 Å². The molecule has 104 valence electrons. The van der Waals surface area contributed by atoms with Crippen LogP contribution in [0.3, 0.4) is 0 Å². The van der Waals surface area contributed by atoms with Crippen LogP contribution >= 0.6 is 0 Å². The molecule has 0 aliphatic rings. The van der Waals surface area contributed by atoms with E-state index in [2.05, 4.69) is 10.1 Å². The summed E-state index contributed by atoms with van der Waals surface area (Å²) in [6, 6.07) is 3.45. The summed E-state index contributed by atoms with van der Waals surface area (Å²) in [6.45, 7) is 3.27. The lowest BCUT2D eigenvalue weighted by Crippen LogP contribution is -1.96. The number of rotatable bonds is 6. The average molecular weight is 273 g/mol. The number of aromatic nitrogens is 3. The molecule has 0 bridgehead atoms. The summed E-state index contributed by atoms with van der Waals surface area (Å²) in [5.41, 5.74) is 1.56. The Hall–Kier alpha value is -2.63. The summed E-state index contributed by atoms with van der Waals surface area (Å²) in [5.74, 6) is -0.373. The zero-order chi connectivity index (χ0) is 14.4. The number of aliphatic carboxylic acids is 1. The van der Waals surface area contributed by atoms with Crippen LogP contribution in [-0.2, 0) is 17.9 Å². The second kappa shape index (κ2) is 6.51. The Morgan fingerprint density at radius 3 is 2.90 bits per heavy atom. The molecule has 2 aromatic rings. The minimum Gasteiger partial charge on any atom is -0.487 e. The Morgan fingerprint density at radius 2 is 2.30 bits per heavy atom. The van der Waals surface area contributed by atoms with Crippen LogP contribution in [0.15, 0.2) is 36.8 Å². The van der Waals surface area contributed by atoms with Crippen LogP contribution in [0.25, 0.3) is 6.08 Å². The molecule has 0 amide bonds. The molecule has 0 fully saturated rings. The largest absolute Gasteiger partial charge is 0.487 e. The van der Waals surface area contributed by atoms with Crippen LogP contribution < -0.4 is 4.74 Å². The summed E-state index contributed by atoms with van der Waals surface area (Å²) in [4.78, 5) is 14.5. The first kappa shape index (κ1) is 13.8. The van der Waals surface area contributed by atoms with Gasteiger partial charge in [0.25, 0.3) is 0 Å². The zero-order valence-corrected chi connectivity index (χ0v) is 11.1. The SMILES string of the molecule is CCn1cc(COc2ccc(C=CC(=O)O)nc2)cn1. The number of carbonyl (C=O) groups is 1. The van der Waals surface area contributed by atoms with Gasteiger partial charge >= 0.3 is 5.97 Å². The quantitative estimate of drug-likeness (QED) is 0.814. The van der Waals surface area contributed by atoms with Gasteiger partial charge in [0, 0.05) is 24.4 Å². The van der Waals surface area contributed by atoms with E-state index < -0.39 is 5.97 Å². The molecule has 0 atom stereocenters. The fourth-order valence-electron chi connectivity index (χ4n) is 1.55. The molecule has 1 N–H and O–H groups in total. The summed E-state index contributed by atoms with van der Waals surface area (Å²) >= 11 is 0. The van der Waals surface area contributed by atoms with Gasteiger partial charge in [0.05, 0.1) is 18.1 Å². The van der Waals surface area contributed by atoms with Crippen LogP contribution in [0, 0.1) is 0 Å². The van der Waals surface area contributed by atoms with Crippen LogP contribution in [0.5, 0.6) is 5.75 Å². The third-order valence-electron chi connectivity index (χ3n) is 2.57. The number of carboxylic acids is 1. The molecule has 6 heteroatoms. The fourth-order valence-corrected chi connectivity index (χ4v) is 1.55. The van der Waals surface area contributed by atoms with Crippen molar-refractivity contribution in [2.24, 2.45) is 0 Å². The van der Waals surface area contributed by atoms with Crippen molar-refractivity contribution < 1.29 is 14.6 Å². The normalized spacial score (nSPS) is 10.8. The van der Waals surface area contributed by atoms with Gasteiger partial charge in [0.2, 0.25) is 0 Å². The summed E-state index contributed by atoms with van der Waals surface area (Å²) < 4.78 is 7.40. The molecule has 2 heterocycles. The van der Waals surface area contributed by atoms with E-state index in [9.17, 15) is 4.79 Å². The molecular weight excluding hydrogens is 258 g/mol. The van der Waals surface area contributed by atoms with Gasteiger partial charge in [-0.05, 0) is 25.1 Å². The van der Waals surface area contributed by atoms with Crippen LogP contribution in [0.1, 0.15) is 18.2 Å². The Labute approximate surface area is 116 Å². The molecule has 0 saturated carbocycles. The number of ether oxygens (including phenoxy) is 1. The lowest BCUT2D eigenvalue weighted by molar-refractivity contribution is -0.131. The minimum absolute atomic E-state index is 0.423. The van der Waals surface area contributed by atoms with E-state index in [1.165, 1.54) is 6.08 Å². The second-order valence-corrected chi connectivity index (χ2v) is 4.08. The highest BCUT2D eigenvalue weighted by Crippen LogP contribution is 2.12. The van der Waals surface area contributed by atoms with E-state index in [1.54, 1.807) is 24.5 Å². The molecule has 0 aromatic carbocycles. The third-order valence-corrected chi connectivity index (χ3v) is 2.57. The lowest BCUT2D eigenvalue weighted by atomic mass is 10.3. The van der Waals surface area contributed by atoms with Crippen LogP contribution in [0.4, 0.5) is 0 Å². The number of aryl methyl sites for hydroxylation is 1. The first-order chi connectivity index (χ1) is 9.67. The minimum atomic E-state index is -1.000. The lowest BCUT2D eigenvalue weighted by Gasteiger charge is -2.03. The maximum Gasteiger partial charge on any atom is 0.328 e. The number of hydrogen-bond donors (Lipinski definition) is 1. The molecule has 2 rings (SSSR count). The molecule has 0 saturated heterocycles. The molecule has 2 aromatic heterocycles. The van der Waals surface area contributed by atoms with Crippen LogP contribution in [0.2, 0.25) is 0 Å². The first-order valence-corrected chi connectivity index (χ1v) is 6.18. The smallest absolute Gasteiger partial charge is 0.328 e. The van der Waals surface area contributed by atoms with E-state index in [4.69, 9.17) is 9.84 Å². The van der Waals surface area contributed by atoms with Crippen molar-refractivity contribution in [1.29, 1.82) is 0 Å². The van der Waals surface area contributed by atoms with Gasteiger partial charge in [-0.1, -0.05) is 0 Å². The standard InChI is InChI=1S/C14H15N3O3/c1-2-17-9-11(7-16-17)10-20-13-5-3-12(15-8-13)4-6-14(18)19/h3-9H,2,10H2,1H3,(H,18,19). The van der Waals surface area contributed by atoms with E-state index in [-0.39, 0.29) is 0 Å². The number of pyridine rings is 1. The summed E-state index contributed by atoms with van der Waals surface area (Å²) in [6.07, 6.45) is 7.73. The van der Waals surface area contributed by atoms with E-state index in [1.807, 2.05) is 17.8 Å². The number of hydrogen-bond acceptors (Lipinski definition) is 4. The Balaban J connectivity index is 1.92. The highest BCUT2D eigenvalue weighted by atomic mass is 16.5. The predicted octanol–water partition coefficient (Wildman–Crippen LogP) is 1.97. The maximum atomic E-state index is 10.4. The van der Waals surface area contributed by atoms with Crippen molar-refractivity contribution in [3.05, 3.63) is 48.1 Å². The molecule has 0 aliphatic heterocycles. The topological polar surface area (TPSA) is 77.2 Å². The zero-order valence-electron chi connectivity index (χ0n) is 11.1. The average Bonchev–Trinajstić information content (AvgIpc) is 2.92. The second-order valence-electron chi connectivity index (χ2n) is 4.08. The molecule has 6 nitrogen and oxygen atoms in total. The van der Waals surface area contributed by atoms with Crippen molar-refractivity contribution in [2.75, 3.05) is 0 Å². The molecule has 0 unspecified atom stereocenters. The number of carboxylic acid groups (broad SMARTS) is 1. The monoisotopic (exact) mass is 273 g/mol. The molecule has 20 heavy (non-hydrogen) atoms. The van der Waals surface area contributed by atoms with Crippen molar-refractivity contribution in [3.63, 3.8) is 0 Å². The number of nitrogens with zero attached hydrogens (tertiary/aromatic N) is 3. The highest BCUT2D eigenvalue weighted by molar-refractivity contribution is 5.84. The van der Waals surface area contributed by atoms with Gasteiger partial charge in [0.1, 0.15) is 12.4 Å². The molecule has 0 spiro atoms. The first-order valence-electron chi connectivity index (χ1n) is 6.18. The third kappa shape index (κ3) is 3.94. The van der Waals surface area contributed by atoms with Gasteiger partial charge < -0.3 is 9.84 Å². The predicted molar refractivity (Wildman–Crippen MR) is 73.1 cm³/mol. The summed E-state index contributed by atoms with van der Waals surface area (Å²) in [5, 5.41) is 12.7. The molecule has 0 aliphatic carbocycles. The highest BCUT2D eigenvalue weighted by Gasteiger charge is 2.00. The fraction of sp³-hybridized carbons (Fsp3) is 0.214.